The zero-order valence-corrected chi connectivity index (χ0v) is 18.2. The van der Waals surface area contributed by atoms with E-state index >= 15 is 0 Å². The lowest BCUT2D eigenvalue weighted by Crippen LogP contribution is -2.04. The second kappa shape index (κ2) is 10.9. The standard InChI is InChI=1S/C23H26N6O2/c1-16-8-5-12-22(25-16)23-24-14-13-21(27-23)18(3)29-31-15-7-10-19-9-6-11-20(26-19)17(2)28-30-4/h5-6,8-9,11-14H,7,10,15H2,1-4H3/b28-17+,29-18?. The van der Waals surface area contributed by atoms with E-state index in [2.05, 4.69) is 30.2 Å². The van der Waals surface area contributed by atoms with Gasteiger partial charge in [-0.25, -0.2) is 15.0 Å². The fourth-order valence-corrected chi connectivity index (χ4v) is 2.86. The maximum Gasteiger partial charge on any atom is 0.178 e. The van der Waals surface area contributed by atoms with Gasteiger partial charge in [-0.1, -0.05) is 22.4 Å². The van der Waals surface area contributed by atoms with Crippen LogP contribution in [0.5, 0.6) is 0 Å². The molecule has 8 heteroatoms. The van der Waals surface area contributed by atoms with E-state index in [4.69, 9.17) is 9.68 Å². The van der Waals surface area contributed by atoms with Crippen molar-refractivity contribution >= 4 is 11.4 Å². The summed E-state index contributed by atoms with van der Waals surface area (Å²) in [4.78, 5) is 28.2. The molecular weight excluding hydrogens is 392 g/mol. The quantitative estimate of drug-likeness (QED) is 0.296. The van der Waals surface area contributed by atoms with Gasteiger partial charge in [-0.15, -0.1) is 0 Å². The zero-order valence-electron chi connectivity index (χ0n) is 18.2. The summed E-state index contributed by atoms with van der Waals surface area (Å²) in [6.07, 6.45) is 3.27. The lowest BCUT2D eigenvalue weighted by atomic mass is 10.2. The molecule has 0 radical (unpaired) electrons. The summed E-state index contributed by atoms with van der Waals surface area (Å²) in [5.74, 6) is 0.564. The number of hydrogen-bond acceptors (Lipinski definition) is 8. The fraction of sp³-hybridized carbons (Fsp3) is 0.304. The van der Waals surface area contributed by atoms with Gasteiger partial charge in [0.25, 0.3) is 0 Å². The number of aryl methyl sites for hydroxylation is 2. The predicted molar refractivity (Wildman–Crippen MR) is 120 cm³/mol. The Kier molecular flexibility index (Phi) is 7.75. The first-order valence-electron chi connectivity index (χ1n) is 10.0. The van der Waals surface area contributed by atoms with Crippen molar-refractivity contribution in [2.75, 3.05) is 13.7 Å². The van der Waals surface area contributed by atoms with Crippen LogP contribution in [0, 0.1) is 6.92 Å². The first-order valence-corrected chi connectivity index (χ1v) is 10.0. The van der Waals surface area contributed by atoms with Gasteiger partial charge in [-0.2, -0.15) is 0 Å². The summed E-state index contributed by atoms with van der Waals surface area (Å²) in [5, 5.41) is 8.12. The van der Waals surface area contributed by atoms with Gasteiger partial charge in [-0.05, 0) is 63.9 Å². The van der Waals surface area contributed by atoms with E-state index in [0.29, 0.717) is 23.8 Å². The van der Waals surface area contributed by atoms with Crippen LogP contribution < -0.4 is 0 Å². The van der Waals surface area contributed by atoms with Crippen LogP contribution in [0.25, 0.3) is 11.5 Å². The molecule has 0 aromatic carbocycles. The van der Waals surface area contributed by atoms with E-state index in [1.807, 2.05) is 57.2 Å². The van der Waals surface area contributed by atoms with Gasteiger partial charge >= 0.3 is 0 Å². The Hall–Kier alpha value is -3.68. The van der Waals surface area contributed by atoms with Gasteiger partial charge in [0.15, 0.2) is 5.82 Å². The van der Waals surface area contributed by atoms with Gasteiger partial charge in [-0.3, -0.25) is 4.98 Å². The van der Waals surface area contributed by atoms with Crippen molar-refractivity contribution in [2.24, 2.45) is 10.3 Å². The van der Waals surface area contributed by atoms with Crippen molar-refractivity contribution < 1.29 is 9.68 Å². The normalized spacial score (nSPS) is 12.0. The molecule has 8 nitrogen and oxygen atoms in total. The molecule has 3 aromatic heterocycles. The number of rotatable bonds is 9. The minimum absolute atomic E-state index is 0.478. The molecular formula is C23H26N6O2. The van der Waals surface area contributed by atoms with Crippen molar-refractivity contribution in [1.82, 2.24) is 19.9 Å². The van der Waals surface area contributed by atoms with Crippen LogP contribution in [-0.4, -0.2) is 45.1 Å². The highest BCUT2D eigenvalue weighted by molar-refractivity contribution is 5.97. The number of hydrogen-bond donors (Lipinski definition) is 0. The molecule has 0 fully saturated rings. The Morgan fingerprint density at radius 1 is 0.903 bits per heavy atom. The lowest BCUT2D eigenvalue weighted by Gasteiger charge is -2.05. The first kappa shape index (κ1) is 22.0. The molecule has 0 saturated heterocycles. The summed E-state index contributed by atoms with van der Waals surface area (Å²) in [6.45, 7) is 6.14. The van der Waals surface area contributed by atoms with Crippen LogP contribution >= 0.6 is 0 Å². The highest BCUT2D eigenvalue weighted by Gasteiger charge is 2.07. The molecule has 0 N–H and O–H groups in total. The molecule has 0 saturated carbocycles. The van der Waals surface area contributed by atoms with Crippen molar-refractivity contribution in [1.29, 1.82) is 0 Å². The molecule has 160 valence electrons. The van der Waals surface area contributed by atoms with Gasteiger partial charge in [0.1, 0.15) is 30.8 Å². The molecule has 0 bridgehead atoms. The average Bonchev–Trinajstić information content (AvgIpc) is 2.79. The summed E-state index contributed by atoms with van der Waals surface area (Å²) >= 11 is 0. The molecule has 0 aliphatic rings. The summed E-state index contributed by atoms with van der Waals surface area (Å²) in [7, 11) is 1.52. The Morgan fingerprint density at radius 3 is 2.48 bits per heavy atom. The monoisotopic (exact) mass is 418 g/mol. The van der Waals surface area contributed by atoms with Crippen molar-refractivity contribution in [3.8, 4) is 11.5 Å². The highest BCUT2D eigenvalue weighted by Crippen LogP contribution is 2.13. The number of aromatic nitrogens is 4. The summed E-state index contributed by atoms with van der Waals surface area (Å²) < 4.78 is 0. The van der Waals surface area contributed by atoms with Crippen molar-refractivity contribution in [3.63, 3.8) is 0 Å². The average molecular weight is 419 g/mol. The molecule has 31 heavy (non-hydrogen) atoms. The van der Waals surface area contributed by atoms with Crippen LogP contribution in [0.4, 0.5) is 0 Å². The molecule has 3 heterocycles. The van der Waals surface area contributed by atoms with E-state index in [1.165, 1.54) is 7.11 Å². The second-order valence-electron chi connectivity index (χ2n) is 6.92. The van der Waals surface area contributed by atoms with E-state index in [9.17, 15) is 0 Å². The number of nitrogens with zero attached hydrogens (tertiary/aromatic N) is 6. The SMILES string of the molecule is CO/N=C(\C)c1cccc(CCCON=C(C)c2ccnc(-c3cccc(C)n3)n2)n1. The fourth-order valence-electron chi connectivity index (χ4n) is 2.86. The molecule has 3 rings (SSSR count). The van der Waals surface area contributed by atoms with Gasteiger partial charge in [0.2, 0.25) is 0 Å². The molecule has 0 spiro atoms. The third-order valence-electron chi connectivity index (χ3n) is 4.42. The van der Waals surface area contributed by atoms with E-state index in [-0.39, 0.29) is 0 Å². The number of oxime groups is 2. The van der Waals surface area contributed by atoms with E-state index < -0.39 is 0 Å². The maximum atomic E-state index is 5.49. The molecule has 0 amide bonds. The Labute approximate surface area is 182 Å². The van der Waals surface area contributed by atoms with Crippen LogP contribution in [0.1, 0.15) is 43.0 Å². The lowest BCUT2D eigenvalue weighted by molar-refractivity contribution is 0.141. The smallest absolute Gasteiger partial charge is 0.178 e. The Balaban J connectivity index is 1.54. The van der Waals surface area contributed by atoms with Crippen LogP contribution in [0.2, 0.25) is 0 Å². The maximum absolute atomic E-state index is 5.49. The minimum Gasteiger partial charge on any atom is -0.399 e. The molecule has 0 aliphatic heterocycles. The third-order valence-corrected chi connectivity index (χ3v) is 4.42. The highest BCUT2D eigenvalue weighted by atomic mass is 16.6. The zero-order chi connectivity index (χ0) is 22.1. The predicted octanol–water partition coefficient (Wildman–Crippen LogP) is 3.99. The summed E-state index contributed by atoms with van der Waals surface area (Å²) in [5.41, 5.74) is 5.55. The largest absolute Gasteiger partial charge is 0.399 e. The molecule has 0 atom stereocenters. The molecule has 0 unspecified atom stereocenters. The summed E-state index contributed by atoms with van der Waals surface area (Å²) in [6, 6.07) is 13.4. The Morgan fingerprint density at radius 2 is 1.68 bits per heavy atom. The molecule has 3 aromatic rings. The third kappa shape index (κ3) is 6.40. The van der Waals surface area contributed by atoms with E-state index in [1.54, 1.807) is 12.3 Å². The topological polar surface area (TPSA) is 94.7 Å². The van der Waals surface area contributed by atoms with Crippen LogP contribution in [0.15, 0.2) is 59.0 Å². The van der Waals surface area contributed by atoms with Crippen molar-refractivity contribution in [3.05, 3.63) is 71.4 Å². The van der Waals surface area contributed by atoms with Crippen LogP contribution in [0.3, 0.4) is 0 Å². The van der Waals surface area contributed by atoms with Gasteiger partial charge < -0.3 is 9.68 Å². The number of pyridine rings is 2. The molecule has 0 aliphatic carbocycles. The van der Waals surface area contributed by atoms with Gasteiger partial charge in [0, 0.05) is 17.6 Å². The second-order valence-corrected chi connectivity index (χ2v) is 6.92. The van der Waals surface area contributed by atoms with Crippen molar-refractivity contribution in [2.45, 2.75) is 33.6 Å². The van der Waals surface area contributed by atoms with Gasteiger partial charge in [0.05, 0.1) is 11.4 Å². The van der Waals surface area contributed by atoms with Crippen LogP contribution in [-0.2, 0) is 16.1 Å². The van der Waals surface area contributed by atoms with E-state index in [0.717, 1.165) is 41.3 Å². The Bertz CT molecular complexity index is 1080. The first-order chi connectivity index (χ1) is 15.1. The minimum atomic E-state index is 0.478.